The van der Waals surface area contributed by atoms with Crippen LogP contribution in [0.25, 0.3) is 0 Å². The van der Waals surface area contributed by atoms with Crippen molar-refractivity contribution < 1.29 is 22.7 Å². The van der Waals surface area contributed by atoms with Gasteiger partial charge in [-0.1, -0.05) is 40.5 Å². The van der Waals surface area contributed by atoms with Gasteiger partial charge >= 0.3 is 5.97 Å². The Morgan fingerprint density at radius 3 is 2.31 bits per heavy atom. The second-order valence-electron chi connectivity index (χ2n) is 7.63. The molecule has 0 heterocycles. The zero-order valence-electron chi connectivity index (χ0n) is 17.7. The van der Waals surface area contributed by atoms with Crippen molar-refractivity contribution in [1.82, 2.24) is 9.62 Å². The van der Waals surface area contributed by atoms with Crippen molar-refractivity contribution in [1.29, 1.82) is 0 Å². The van der Waals surface area contributed by atoms with Gasteiger partial charge in [-0.25, -0.2) is 13.2 Å². The molecule has 2 rings (SSSR count). The van der Waals surface area contributed by atoms with Crippen LogP contribution >= 0.6 is 0 Å². The molecule has 1 N–H and O–H groups in total. The summed E-state index contributed by atoms with van der Waals surface area (Å²) in [6, 6.07) is 5.68. The molecule has 1 aliphatic carbocycles. The first-order valence-electron chi connectivity index (χ1n) is 10.3. The highest BCUT2D eigenvalue weighted by Crippen LogP contribution is 2.29. The average Bonchev–Trinajstić information content (AvgIpc) is 2.70. The number of hydrogen-bond acceptors (Lipinski definition) is 5. The minimum Gasteiger partial charge on any atom is -0.452 e. The summed E-state index contributed by atoms with van der Waals surface area (Å²) in [5.74, 6) is -0.0199. The molecule has 0 unspecified atom stereocenters. The van der Waals surface area contributed by atoms with E-state index in [2.05, 4.69) is 19.2 Å². The number of ether oxygens (including phenoxy) is 1. The van der Waals surface area contributed by atoms with Crippen LogP contribution in [0.3, 0.4) is 0 Å². The molecule has 1 aliphatic rings. The fraction of sp³-hybridized carbons (Fsp3) is 0.619. The van der Waals surface area contributed by atoms with Gasteiger partial charge in [-0.15, -0.1) is 0 Å². The van der Waals surface area contributed by atoms with Crippen molar-refractivity contribution in [2.24, 2.45) is 11.8 Å². The van der Waals surface area contributed by atoms with E-state index in [1.165, 1.54) is 35.0 Å². The van der Waals surface area contributed by atoms with Gasteiger partial charge in [0, 0.05) is 19.1 Å². The number of carbonyl (C=O) groups excluding carboxylic acids is 2. The summed E-state index contributed by atoms with van der Waals surface area (Å²) in [6.07, 6.45) is 3.19. The molecule has 3 atom stereocenters. The standard InChI is InChI=1S/C21H32N2O5S/c1-5-23(6-2)29(26,27)18-12-10-17(11-13-18)21(25)28-14-20(24)22-19-9-7-8-15(3)16(19)4/h10-13,15-16,19H,5-9,14H2,1-4H3,(H,22,24)/t15-,16+,19-/m1/s1. The smallest absolute Gasteiger partial charge is 0.338 e. The normalized spacial score (nSPS) is 22.3. The minimum atomic E-state index is -3.58. The minimum absolute atomic E-state index is 0.106. The Hall–Kier alpha value is -1.93. The van der Waals surface area contributed by atoms with Crippen LogP contribution in [-0.4, -0.2) is 50.3 Å². The molecule has 1 aromatic rings. The van der Waals surface area contributed by atoms with E-state index in [4.69, 9.17) is 4.74 Å². The van der Waals surface area contributed by atoms with E-state index in [-0.39, 0.29) is 29.0 Å². The Kier molecular flexibility index (Phi) is 8.22. The molecule has 0 saturated heterocycles. The molecular formula is C21H32N2O5S. The fourth-order valence-corrected chi connectivity index (χ4v) is 5.18. The molecule has 1 amide bonds. The highest BCUT2D eigenvalue weighted by atomic mass is 32.2. The third kappa shape index (κ3) is 5.79. The van der Waals surface area contributed by atoms with Crippen molar-refractivity contribution in [3.63, 3.8) is 0 Å². The lowest BCUT2D eigenvalue weighted by molar-refractivity contribution is -0.125. The van der Waals surface area contributed by atoms with Crippen LogP contribution in [-0.2, 0) is 19.6 Å². The zero-order chi connectivity index (χ0) is 21.6. The fourth-order valence-electron chi connectivity index (χ4n) is 3.72. The molecule has 0 spiro atoms. The first kappa shape index (κ1) is 23.3. The number of sulfonamides is 1. The largest absolute Gasteiger partial charge is 0.452 e. The van der Waals surface area contributed by atoms with Crippen molar-refractivity contribution in [2.45, 2.75) is 57.9 Å². The van der Waals surface area contributed by atoms with Crippen LogP contribution in [0.1, 0.15) is 57.3 Å². The quantitative estimate of drug-likeness (QED) is 0.648. The van der Waals surface area contributed by atoms with Gasteiger partial charge in [0.05, 0.1) is 10.5 Å². The van der Waals surface area contributed by atoms with E-state index in [0.717, 1.165) is 12.8 Å². The topological polar surface area (TPSA) is 92.8 Å². The van der Waals surface area contributed by atoms with E-state index in [9.17, 15) is 18.0 Å². The highest BCUT2D eigenvalue weighted by molar-refractivity contribution is 7.89. The lowest BCUT2D eigenvalue weighted by Crippen LogP contribution is -2.45. The average molecular weight is 425 g/mol. The molecule has 1 aromatic carbocycles. The zero-order valence-corrected chi connectivity index (χ0v) is 18.5. The van der Waals surface area contributed by atoms with Gasteiger partial charge in [0.2, 0.25) is 10.0 Å². The van der Waals surface area contributed by atoms with Crippen LogP contribution in [0, 0.1) is 11.8 Å². The lowest BCUT2D eigenvalue weighted by atomic mass is 9.78. The number of nitrogens with one attached hydrogen (secondary N) is 1. The van der Waals surface area contributed by atoms with Gasteiger partial charge in [0.15, 0.2) is 6.61 Å². The van der Waals surface area contributed by atoms with Gasteiger partial charge in [0.1, 0.15) is 0 Å². The van der Waals surface area contributed by atoms with Crippen LogP contribution in [0.4, 0.5) is 0 Å². The van der Waals surface area contributed by atoms with Gasteiger partial charge in [-0.3, -0.25) is 4.79 Å². The molecule has 0 bridgehead atoms. The Balaban J connectivity index is 1.92. The summed E-state index contributed by atoms with van der Waals surface area (Å²) in [7, 11) is -3.58. The summed E-state index contributed by atoms with van der Waals surface area (Å²) in [5.41, 5.74) is 0.205. The maximum absolute atomic E-state index is 12.5. The predicted molar refractivity (Wildman–Crippen MR) is 111 cm³/mol. The molecule has 0 aromatic heterocycles. The monoisotopic (exact) mass is 424 g/mol. The van der Waals surface area contributed by atoms with Crippen molar-refractivity contribution in [3.8, 4) is 0 Å². The third-order valence-electron chi connectivity index (χ3n) is 5.82. The van der Waals surface area contributed by atoms with Crippen LogP contribution < -0.4 is 5.32 Å². The molecule has 162 valence electrons. The summed E-state index contributed by atoms with van der Waals surface area (Å²) in [5, 5.41) is 2.96. The maximum atomic E-state index is 12.5. The van der Waals surface area contributed by atoms with Gasteiger partial charge < -0.3 is 10.1 Å². The van der Waals surface area contributed by atoms with Gasteiger partial charge in [-0.2, -0.15) is 4.31 Å². The van der Waals surface area contributed by atoms with Crippen LogP contribution in [0.15, 0.2) is 29.2 Å². The SMILES string of the molecule is CCN(CC)S(=O)(=O)c1ccc(C(=O)OCC(=O)N[C@@H]2CCC[C@@H](C)[C@@H]2C)cc1. The number of rotatable bonds is 8. The number of hydrogen-bond donors (Lipinski definition) is 1. The lowest BCUT2D eigenvalue weighted by Gasteiger charge is -2.34. The Bertz CT molecular complexity index is 803. The number of nitrogens with zero attached hydrogens (tertiary/aromatic N) is 1. The van der Waals surface area contributed by atoms with Crippen molar-refractivity contribution in [3.05, 3.63) is 29.8 Å². The molecule has 29 heavy (non-hydrogen) atoms. The summed E-state index contributed by atoms with van der Waals surface area (Å²) < 4.78 is 31.4. The number of benzene rings is 1. The molecule has 8 heteroatoms. The van der Waals surface area contributed by atoms with E-state index < -0.39 is 16.0 Å². The van der Waals surface area contributed by atoms with E-state index in [1.807, 2.05) is 0 Å². The predicted octanol–water partition coefficient (Wildman–Crippen LogP) is 2.81. The first-order chi connectivity index (χ1) is 13.7. The van der Waals surface area contributed by atoms with E-state index in [1.54, 1.807) is 13.8 Å². The van der Waals surface area contributed by atoms with E-state index in [0.29, 0.717) is 24.9 Å². The second kappa shape index (κ2) is 10.2. The number of amides is 1. The summed E-state index contributed by atoms with van der Waals surface area (Å²) >= 11 is 0. The number of carbonyl (C=O) groups is 2. The number of esters is 1. The first-order valence-corrected chi connectivity index (χ1v) is 11.7. The Morgan fingerprint density at radius 2 is 1.72 bits per heavy atom. The summed E-state index contributed by atoms with van der Waals surface area (Å²) in [6.45, 7) is 8.25. The van der Waals surface area contributed by atoms with Gasteiger partial charge in [0.25, 0.3) is 5.91 Å². The van der Waals surface area contributed by atoms with Crippen molar-refractivity contribution >= 4 is 21.9 Å². The van der Waals surface area contributed by atoms with Crippen LogP contribution in [0.2, 0.25) is 0 Å². The second-order valence-corrected chi connectivity index (χ2v) is 9.57. The highest BCUT2D eigenvalue weighted by Gasteiger charge is 2.28. The Morgan fingerprint density at radius 1 is 1.10 bits per heavy atom. The molecule has 7 nitrogen and oxygen atoms in total. The van der Waals surface area contributed by atoms with Crippen molar-refractivity contribution in [2.75, 3.05) is 19.7 Å². The third-order valence-corrected chi connectivity index (χ3v) is 7.88. The molecule has 0 radical (unpaired) electrons. The van der Waals surface area contributed by atoms with E-state index >= 15 is 0 Å². The van der Waals surface area contributed by atoms with Gasteiger partial charge in [-0.05, 0) is 42.5 Å². The Labute approximate surface area is 173 Å². The van der Waals surface area contributed by atoms with Crippen LogP contribution in [0.5, 0.6) is 0 Å². The molecule has 1 saturated carbocycles. The maximum Gasteiger partial charge on any atom is 0.338 e. The molecular weight excluding hydrogens is 392 g/mol. The molecule has 0 aliphatic heterocycles. The molecule has 1 fully saturated rings. The summed E-state index contributed by atoms with van der Waals surface area (Å²) in [4.78, 5) is 24.5.